The highest BCUT2D eigenvalue weighted by Gasteiger charge is 2.35. The molecule has 114 valence electrons. The lowest BCUT2D eigenvalue weighted by atomic mass is 10.1. The quantitative estimate of drug-likeness (QED) is 0.923. The number of rotatable bonds is 5. The van der Waals surface area contributed by atoms with Gasteiger partial charge in [0.15, 0.2) is 0 Å². The van der Waals surface area contributed by atoms with Crippen LogP contribution in [0.3, 0.4) is 0 Å². The number of sulfonamides is 1. The maximum Gasteiger partial charge on any atom is 0.244 e. The van der Waals surface area contributed by atoms with Crippen LogP contribution in [-0.4, -0.2) is 31.4 Å². The molecule has 4 nitrogen and oxygen atoms in total. The zero-order valence-electron chi connectivity index (χ0n) is 12.7. The fraction of sp³-hybridized carbons (Fsp3) is 0.375. The Balaban J connectivity index is 2.67. The summed E-state index contributed by atoms with van der Waals surface area (Å²) in [5.41, 5.74) is 5.14. The summed E-state index contributed by atoms with van der Waals surface area (Å²) in [6.07, 6.45) is 0. The highest BCUT2D eigenvalue weighted by atomic mass is 32.2. The van der Waals surface area contributed by atoms with Gasteiger partial charge in [-0.3, -0.25) is 0 Å². The number of hydrogen-bond donors (Lipinski definition) is 1. The van der Waals surface area contributed by atoms with Crippen LogP contribution >= 0.6 is 0 Å². The summed E-state index contributed by atoms with van der Waals surface area (Å²) in [4.78, 5) is 0.337. The summed E-state index contributed by atoms with van der Waals surface area (Å²) in [7, 11) is -3.59. The Kier molecular flexibility index (Phi) is 4.37. The Labute approximate surface area is 126 Å². The number of likely N-dealkylation sites (N-methyl/N-ethyl adjacent to an activating group) is 1. The van der Waals surface area contributed by atoms with Crippen LogP contribution < -0.4 is 5.73 Å². The number of hydrogen-bond acceptors (Lipinski definition) is 3. The van der Waals surface area contributed by atoms with Crippen molar-refractivity contribution in [1.82, 2.24) is 4.31 Å². The van der Waals surface area contributed by atoms with Gasteiger partial charge in [-0.05, 0) is 25.3 Å². The molecule has 0 saturated carbocycles. The normalized spacial score (nSPS) is 13.0. The number of fused-ring (bicyclic) bond motifs is 1. The molecule has 0 atom stereocenters. The molecule has 5 heteroatoms. The molecule has 0 aliphatic carbocycles. The summed E-state index contributed by atoms with van der Waals surface area (Å²) in [6.45, 7) is 6.18. The third-order valence-corrected chi connectivity index (χ3v) is 6.02. The number of nitrogens with two attached hydrogens (primary N) is 1. The SMILES string of the molecule is CCN(C(C)(C)CN)S(=O)(=O)c1cccc2ccccc12. The second-order valence-corrected chi connectivity index (χ2v) is 7.49. The van der Waals surface area contributed by atoms with Gasteiger partial charge >= 0.3 is 0 Å². The minimum absolute atomic E-state index is 0.269. The van der Waals surface area contributed by atoms with E-state index >= 15 is 0 Å². The predicted molar refractivity (Wildman–Crippen MR) is 86.6 cm³/mol. The molecule has 0 saturated heterocycles. The van der Waals surface area contributed by atoms with Crippen molar-refractivity contribution < 1.29 is 8.42 Å². The fourth-order valence-corrected chi connectivity index (χ4v) is 4.58. The van der Waals surface area contributed by atoms with Crippen molar-refractivity contribution in [3.63, 3.8) is 0 Å². The van der Waals surface area contributed by atoms with E-state index < -0.39 is 15.6 Å². The minimum Gasteiger partial charge on any atom is -0.329 e. The second kappa shape index (κ2) is 5.75. The van der Waals surface area contributed by atoms with Crippen LogP contribution in [0.2, 0.25) is 0 Å². The van der Waals surface area contributed by atoms with Crippen LogP contribution in [-0.2, 0) is 10.0 Å². The van der Waals surface area contributed by atoms with Crippen LogP contribution in [0.4, 0.5) is 0 Å². The first kappa shape index (κ1) is 15.9. The Morgan fingerprint density at radius 2 is 1.71 bits per heavy atom. The molecule has 0 heterocycles. The van der Waals surface area contributed by atoms with Crippen LogP contribution in [0.25, 0.3) is 10.8 Å². The van der Waals surface area contributed by atoms with Gasteiger partial charge in [-0.25, -0.2) is 8.42 Å². The van der Waals surface area contributed by atoms with Gasteiger partial charge in [-0.2, -0.15) is 4.31 Å². The van der Waals surface area contributed by atoms with E-state index in [1.54, 1.807) is 12.1 Å². The summed E-state index contributed by atoms with van der Waals surface area (Å²) >= 11 is 0. The number of nitrogens with zero attached hydrogens (tertiary/aromatic N) is 1. The van der Waals surface area contributed by atoms with Crippen molar-refractivity contribution in [3.05, 3.63) is 42.5 Å². The highest BCUT2D eigenvalue weighted by molar-refractivity contribution is 7.89. The van der Waals surface area contributed by atoms with Gasteiger partial charge in [0.25, 0.3) is 0 Å². The first-order valence-electron chi connectivity index (χ1n) is 7.05. The molecular formula is C16H22N2O2S. The summed E-state index contributed by atoms with van der Waals surface area (Å²) < 4.78 is 27.6. The van der Waals surface area contributed by atoms with Gasteiger partial charge < -0.3 is 5.73 Å². The van der Waals surface area contributed by atoms with Gasteiger partial charge in [-0.15, -0.1) is 0 Å². The lowest BCUT2D eigenvalue weighted by molar-refractivity contribution is 0.244. The minimum atomic E-state index is -3.59. The summed E-state index contributed by atoms with van der Waals surface area (Å²) in [5.74, 6) is 0. The van der Waals surface area contributed by atoms with E-state index in [-0.39, 0.29) is 6.54 Å². The fourth-order valence-electron chi connectivity index (χ4n) is 2.56. The molecule has 0 amide bonds. The zero-order valence-corrected chi connectivity index (χ0v) is 13.5. The molecule has 21 heavy (non-hydrogen) atoms. The maximum absolute atomic E-state index is 13.1. The van der Waals surface area contributed by atoms with Crippen molar-refractivity contribution in [3.8, 4) is 0 Å². The molecule has 0 aromatic heterocycles. The predicted octanol–water partition coefficient (Wildman–Crippen LogP) is 2.59. The monoisotopic (exact) mass is 306 g/mol. The van der Waals surface area contributed by atoms with E-state index in [0.29, 0.717) is 11.4 Å². The maximum atomic E-state index is 13.1. The third kappa shape index (κ3) is 2.81. The van der Waals surface area contributed by atoms with Crippen LogP contribution in [0.15, 0.2) is 47.4 Å². The molecule has 0 spiro atoms. The van der Waals surface area contributed by atoms with E-state index in [0.717, 1.165) is 10.8 Å². The molecule has 0 aliphatic heterocycles. The summed E-state index contributed by atoms with van der Waals surface area (Å²) in [5, 5.41) is 1.66. The van der Waals surface area contributed by atoms with Gasteiger partial charge in [0, 0.05) is 24.0 Å². The largest absolute Gasteiger partial charge is 0.329 e. The lowest BCUT2D eigenvalue weighted by Crippen LogP contribution is -2.52. The standard InChI is InChI=1S/C16H22N2O2S/c1-4-18(16(2,3)12-17)21(19,20)15-11-7-9-13-8-5-6-10-14(13)15/h5-11H,4,12,17H2,1-3H3. The topological polar surface area (TPSA) is 63.4 Å². The average Bonchev–Trinajstić information content (AvgIpc) is 2.46. The van der Waals surface area contributed by atoms with E-state index in [2.05, 4.69) is 0 Å². The second-order valence-electron chi connectivity index (χ2n) is 5.66. The average molecular weight is 306 g/mol. The molecular weight excluding hydrogens is 284 g/mol. The van der Waals surface area contributed by atoms with Gasteiger partial charge in [0.2, 0.25) is 10.0 Å². The van der Waals surface area contributed by atoms with Crippen molar-refractivity contribution in [2.45, 2.75) is 31.2 Å². The van der Waals surface area contributed by atoms with Crippen molar-refractivity contribution in [2.24, 2.45) is 5.73 Å². The van der Waals surface area contributed by atoms with Crippen molar-refractivity contribution in [1.29, 1.82) is 0 Å². The number of benzene rings is 2. The van der Waals surface area contributed by atoms with Crippen LogP contribution in [0.1, 0.15) is 20.8 Å². The molecule has 0 fully saturated rings. The Morgan fingerprint density at radius 1 is 1.10 bits per heavy atom. The molecule has 2 aromatic carbocycles. The smallest absolute Gasteiger partial charge is 0.244 e. The first-order chi connectivity index (χ1) is 9.84. The third-order valence-electron chi connectivity index (χ3n) is 3.78. The molecule has 0 bridgehead atoms. The van der Waals surface area contributed by atoms with Crippen LogP contribution in [0.5, 0.6) is 0 Å². The van der Waals surface area contributed by atoms with E-state index in [4.69, 9.17) is 5.73 Å². The van der Waals surface area contributed by atoms with E-state index in [9.17, 15) is 8.42 Å². The molecule has 2 aromatic rings. The Hall–Kier alpha value is -1.43. The van der Waals surface area contributed by atoms with Crippen molar-refractivity contribution in [2.75, 3.05) is 13.1 Å². The van der Waals surface area contributed by atoms with Gasteiger partial charge in [0.05, 0.1) is 4.90 Å². The first-order valence-corrected chi connectivity index (χ1v) is 8.49. The van der Waals surface area contributed by atoms with Gasteiger partial charge in [-0.1, -0.05) is 43.3 Å². The Morgan fingerprint density at radius 3 is 2.33 bits per heavy atom. The zero-order chi connectivity index (χ0) is 15.7. The molecule has 2 rings (SSSR count). The molecule has 0 unspecified atom stereocenters. The summed E-state index contributed by atoms with van der Waals surface area (Å²) in [6, 6.07) is 12.9. The van der Waals surface area contributed by atoms with E-state index in [1.165, 1.54) is 4.31 Å². The van der Waals surface area contributed by atoms with Crippen molar-refractivity contribution >= 4 is 20.8 Å². The van der Waals surface area contributed by atoms with E-state index in [1.807, 2.05) is 51.1 Å². The van der Waals surface area contributed by atoms with Gasteiger partial charge in [0.1, 0.15) is 0 Å². The molecule has 2 N–H and O–H groups in total. The highest BCUT2D eigenvalue weighted by Crippen LogP contribution is 2.29. The lowest BCUT2D eigenvalue weighted by Gasteiger charge is -2.36. The molecule has 0 aliphatic rings. The van der Waals surface area contributed by atoms with Crippen LogP contribution in [0, 0.1) is 0 Å². The Bertz CT molecular complexity index is 734. The molecule has 0 radical (unpaired) electrons.